The zero-order valence-corrected chi connectivity index (χ0v) is 10.4. The van der Waals surface area contributed by atoms with Crippen LogP contribution in [0.15, 0.2) is 24.3 Å². The minimum absolute atomic E-state index is 0.206. The van der Waals surface area contributed by atoms with E-state index < -0.39 is 24.2 Å². The summed E-state index contributed by atoms with van der Waals surface area (Å²) in [4.78, 5) is 21.2. The third-order valence-corrected chi connectivity index (χ3v) is 2.06. The number of hydrazine groups is 2. The Kier molecular flexibility index (Phi) is 5.06. The molecule has 12 heteroatoms. The molecule has 0 fully saturated rings. The minimum Gasteiger partial charge on any atom is -0.296 e. The number of hydrogen-bond acceptors (Lipinski definition) is 4. The molecule has 0 saturated heterocycles. The Morgan fingerprint density at radius 3 is 1.32 bits per heavy atom. The van der Waals surface area contributed by atoms with Gasteiger partial charge in [0.15, 0.2) is 0 Å². The number of carbonyl (C=O) groups is 2. The Morgan fingerprint density at radius 2 is 1.05 bits per heavy atom. The zero-order valence-electron chi connectivity index (χ0n) is 10.4. The Balaban J connectivity index is 2.70. The maximum Gasteiger partial charge on any atom is 0.472 e. The van der Waals surface area contributed by atoms with Crippen LogP contribution in [0.5, 0.6) is 0 Å². The van der Waals surface area contributed by atoms with Crippen molar-refractivity contribution in [1.29, 1.82) is 0 Å². The van der Waals surface area contributed by atoms with Crippen LogP contribution in [0.1, 0.15) is 0 Å². The van der Waals surface area contributed by atoms with E-state index in [-0.39, 0.29) is 11.4 Å². The standard InChI is InChI=1S/C10H8F6N4O2/c11-9(12,13)7(21)19-17-5-3-1-2-4-6(5)18-20-8(22)10(14,15)16/h1-4,17-18H,(H,19,21)(H,20,22). The van der Waals surface area contributed by atoms with Crippen molar-refractivity contribution in [2.24, 2.45) is 0 Å². The van der Waals surface area contributed by atoms with Crippen molar-refractivity contribution in [3.8, 4) is 0 Å². The normalized spacial score (nSPS) is 11.5. The van der Waals surface area contributed by atoms with Crippen molar-refractivity contribution in [3.63, 3.8) is 0 Å². The first-order valence-corrected chi connectivity index (χ1v) is 5.37. The van der Waals surface area contributed by atoms with Crippen molar-refractivity contribution < 1.29 is 35.9 Å². The molecule has 6 nitrogen and oxygen atoms in total. The summed E-state index contributed by atoms with van der Waals surface area (Å²) in [6.07, 6.45) is -10.3. The molecule has 0 atom stereocenters. The smallest absolute Gasteiger partial charge is 0.296 e. The highest BCUT2D eigenvalue weighted by atomic mass is 19.4. The van der Waals surface area contributed by atoms with Crippen molar-refractivity contribution >= 4 is 23.2 Å². The van der Waals surface area contributed by atoms with Gasteiger partial charge in [-0.3, -0.25) is 31.3 Å². The highest BCUT2D eigenvalue weighted by molar-refractivity contribution is 5.85. The largest absolute Gasteiger partial charge is 0.472 e. The molecule has 0 aliphatic rings. The van der Waals surface area contributed by atoms with Crippen LogP contribution in [0, 0.1) is 0 Å². The van der Waals surface area contributed by atoms with E-state index in [2.05, 4.69) is 0 Å². The van der Waals surface area contributed by atoms with Gasteiger partial charge >= 0.3 is 24.2 Å². The predicted octanol–water partition coefficient (Wildman–Crippen LogP) is 1.70. The summed E-state index contributed by atoms with van der Waals surface area (Å²) >= 11 is 0. The Labute approximate surface area is 118 Å². The van der Waals surface area contributed by atoms with Gasteiger partial charge in [0.1, 0.15) is 0 Å². The number of benzene rings is 1. The molecule has 0 bridgehead atoms. The van der Waals surface area contributed by atoms with E-state index >= 15 is 0 Å². The lowest BCUT2D eigenvalue weighted by atomic mass is 10.3. The lowest BCUT2D eigenvalue weighted by Gasteiger charge is -2.16. The van der Waals surface area contributed by atoms with Crippen LogP contribution in [-0.4, -0.2) is 24.2 Å². The van der Waals surface area contributed by atoms with E-state index in [4.69, 9.17) is 0 Å². The van der Waals surface area contributed by atoms with Crippen LogP contribution in [0.4, 0.5) is 37.7 Å². The van der Waals surface area contributed by atoms with E-state index in [0.717, 1.165) is 12.1 Å². The van der Waals surface area contributed by atoms with Gasteiger partial charge < -0.3 is 0 Å². The number of nitrogens with one attached hydrogen (secondary N) is 4. The Hall–Kier alpha value is -2.66. The van der Waals surface area contributed by atoms with Crippen LogP contribution < -0.4 is 21.7 Å². The third-order valence-electron chi connectivity index (χ3n) is 2.06. The summed E-state index contributed by atoms with van der Waals surface area (Å²) in [5.41, 5.74) is 5.94. The first kappa shape index (κ1) is 17.4. The quantitative estimate of drug-likeness (QED) is 0.500. The molecule has 0 aromatic heterocycles. The molecule has 1 aromatic rings. The molecule has 0 aliphatic heterocycles. The van der Waals surface area contributed by atoms with E-state index in [1.54, 1.807) is 0 Å². The maximum absolute atomic E-state index is 12.0. The van der Waals surface area contributed by atoms with Crippen LogP contribution in [0.25, 0.3) is 0 Å². The number of rotatable bonds is 4. The molecular formula is C10H8F6N4O2. The minimum atomic E-state index is -5.14. The monoisotopic (exact) mass is 330 g/mol. The number of anilines is 2. The fourth-order valence-corrected chi connectivity index (χ4v) is 1.09. The fraction of sp³-hybridized carbons (Fsp3) is 0.200. The molecule has 1 aromatic carbocycles. The average molecular weight is 330 g/mol. The highest BCUT2D eigenvalue weighted by Gasteiger charge is 2.39. The van der Waals surface area contributed by atoms with Crippen molar-refractivity contribution in [1.82, 2.24) is 10.9 Å². The van der Waals surface area contributed by atoms with E-state index in [1.807, 2.05) is 10.9 Å². The predicted molar refractivity (Wildman–Crippen MR) is 62.1 cm³/mol. The van der Waals surface area contributed by atoms with Gasteiger partial charge in [0.05, 0.1) is 11.4 Å². The Morgan fingerprint density at radius 1 is 0.727 bits per heavy atom. The van der Waals surface area contributed by atoms with Gasteiger partial charge in [-0.05, 0) is 12.1 Å². The van der Waals surface area contributed by atoms with Crippen molar-refractivity contribution in [3.05, 3.63) is 24.3 Å². The summed E-state index contributed by atoms with van der Waals surface area (Å²) in [6.45, 7) is 0. The number of carbonyl (C=O) groups excluding carboxylic acids is 2. The molecule has 0 spiro atoms. The molecule has 0 radical (unpaired) electrons. The maximum atomic E-state index is 12.0. The van der Waals surface area contributed by atoms with Crippen LogP contribution in [0.3, 0.4) is 0 Å². The lowest BCUT2D eigenvalue weighted by Crippen LogP contribution is -2.41. The summed E-state index contributed by atoms with van der Waals surface area (Å²) in [7, 11) is 0. The summed E-state index contributed by atoms with van der Waals surface area (Å²) < 4.78 is 71.9. The molecule has 122 valence electrons. The van der Waals surface area contributed by atoms with E-state index in [0.29, 0.717) is 0 Å². The van der Waals surface area contributed by atoms with Gasteiger partial charge in [0.2, 0.25) is 0 Å². The van der Waals surface area contributed by atoms with Crippen LogP contribution >= 0.6 is 0 Å². The molecule has 22 heavy (non-hydrogen) atoms. The fourth-order valence-electron chi connectivity index (χ4n) is 1.09. The van der Waals surface area contributed by atoms with Gasteiger partial charge in [0.25, 0.3) is 0 Å². The number of alkyl halides is 6. The van der Waals surface area contributed by atoms with E-state index in [9.17, 15) is 35.9 Å². The summed E-state index contributed by atoms with van der Waals surface area (Å²) in [5, 5.41) is 0. The van der Waals surface area contributed by atoms with Gasteiger partial charge in [0, 0.05) is 0 Å². The SMILES string of the molecule is O=C(NNc1ccccc1NNC(=O)C(F)(F)F)C(F)(F)F. The molecule has 0 heterocycles. The molecule has 0 aliphatic carbocycles. The molecule has 4 N–H and O–H groups in total. The molecule has 0 saturated carbocycles. The summed E-state index contributed by atoms with van der Waals surface area (Å²) in [5.74, 6) is -4.61. The van der Waals surface area contributed by atoms with Gasteiger partial charge in [-0.15, -0.1) is 0 Å². The number of halogens is 6. The number of para-hydroxylation sites is 2. The van der Waals surface area contributed by atoms with Crippen molar-refractivity contribution in [2.45, 2.75) is 12.4 Å². The first-order valence-electron chi connectivity index (χ1n) is 5.37. The Bertz CT molecular complexity index is 508. The molecular weight excluding hydrogens is 322 g/mol. The first-order chi connectivity index (χ1) is 10.0. The second-order valence-corrected chi connectivity index (χ2v) is 3.70. The van der Waals surface area contributed by atoms with Crippen LogP contribution in [-0.2, 0) is 9.59 Å². The average Bonchev–Trinajstić information content (AvgIpc) is 2.40. The number of amides is 2. The second kappa shape index (κ2) is 6.41. The molecule has 0 unspecified atom stereocenters. The second-order valence-electron chi connectivity index (χ2n) is 3.70. The van der Waals surface area contributed by atoms with E-state index in [1.165, 1.54) is 23.0 Å². The van der Waals surface area contributed by atoms with Gasteiger partial charge in [-0.2, -0.15) is 26.3 Å². The highest BCUT2D eigenvalue weighted by Crippen LogP contribution is 2.21. The van der Waals surface area contributed by atoms with Gasteiger partial charge in [-0.1, -0.05) is 12.1 Å². The lowest BCUT2D eigenvalue weighted by molar-refractivity contribution is -0.173. The third kappa shape index (κ3) is 5.03. The topological polar surface area (TPSA) is 82.3 Å². The van der Waals surface area contributed by atoms with Gasteiger partial charge in [-0.25, -0.2) is 0 Å². The van der Waals surface area contributed by atoms with Crippen LogP contribution in [0.2, 0.25) is 0 Å². The molecule has 2 amide bonds. The molecule has 1 rings (SSSR count). The zero-order chi connectivity index (χ0) is 17.0. The summed E-state index contributed by atoms with van der Waals surface area (Å²) in [6, 6.07) is 4.97. The van der Waals surface area contributed by atoms with Crippen molar-refractivity contribution in [2.75, 3.05) is 10.9 Å². The number of hydrogen-bond donors (Lipinski definition) is 4.